The van der Waals surface area contributed by atoms with Crippen molar-refractivity contribution in [2.75, 3.05) is 5.32 Å². The molecule has 0 aromatic carbocycles. The fourth-order valence-corrected chi connectivity index (χ4v) is 4.82. The van der Waals surface area contributed by atoms with E-state index < -0.39 is 0 Å². The van der Waals surface area contributed by atoms with Crippen molar-refractivity contribution >= 4 is 45.1 Å². The Hall–Kier alpha value is -4.44. The Balaban J connectivity index is 1.43. The second-order valence-electron chi connectivity index (χ2n) is 8.08. The van der Waals surface area contributed by atoms with Gasteiger partial charge in [0.2, 0.25) is 5.91 Å². The summed E-state index contributed by atoms with van der Waals surface area (Å²) in [5.41, 5.74) is 6.72. The van der Waals surface area contributed by atoms with Gasteiger partial charge in [-0.2, -0.15) is 5.10 Å². The van der Waals surface area contributed by atoms with Gasteiger partial charge in [-0.3, -0.25) is 14.9 Å². The van der Waals surface area contributed by atoms with Crippen molar-refractivity contribution in [2.24, 2.45) is 0 Å². The number of amides is 1. The first-order chi connectivity index (χ1) is 17.1. The Kier molecular flexibility index (Phi) is 5.07. The lowest BCUT2D eigenvalue weighted by molar-refractivity contribution is -0.115. The SMILES string of the molecule is CCC(=O)Nc1cncc(-c2ccc3[nH]nc(-c4nc5c(-c6ccc(C)s6)ccnc5[nH]4)c3n2)c1. The van der Waals surface area contributed by atoms with Crippen LogP contribution in [0.15, 0.2) is 55.0 Å². The topological polar surface area (TPSA) is 125 Å². The van der Waals surface area contributed by atoms with Crippen LogP contribution in [0.4, 0.5) is 5.69 Å². The second-order valence-corrected chi connectivity index (χ2v) is 9.37. The van der Waals surface area contributed by atoms with Crippen LogP contribution in [0.5, 0.6) is 0 Å². The van der Waals surface area contributed by atoms with E-state index >= 15 is 0 Å². The first-order valence-electron chi connectivity index (χ1n) is 11.1. The van der Waals surface area contributed by atoms with Crippen LogP contribution in [0.1, 0.15) is 18.2 Å². The van der Waals surface area contributed by atoms with Crippen LogP contribution in [0.2, 0.25) is 0 Å². The number of nitrogens with zero attached hydrogens (tertiary/aromatic N) is 5. The van der Waals surface area contributed by atoms with Gasteiger partial charge >= 0.3 is 0 Å². The van der Waals surface area contributed by atoms with E-state index in [0.717, 1.165) is 27.0 Å². The molecule has 172 valence electrons. The molecular formula is C25H20N8OS. The van der Waals surface area contributed by atoms with E-state index in [2.05, 4.69) is 49.5 Å². The normalized spacial score (nSPS) is 11.4. The van der Waals surface area contributed by atoms with Crippen LogP contribution in [0, 0.1) is 6.92 Å². The van der Waals surface area contributed by atoms with Crippen molar-refractivity contribution in [1.82, 2.24) is 35.1 Å². The van der Waals surface area contributed by atoms with Crippen molar-refractivity contribution in [3.05, 3.63) is 59.9 Å². The fraction of sp³-hybridized carbons (Fsp3) is 0.120. The van der Waals surface area contributed by atoms with Crippen molar-refractivity contribution in [1.29, 1.82) is 0 Å². The van der Waals surface area contributed by atoms with Gasteiger partial charge in [-0.1, -0.05) is 6.92 Å². The Morgan fingerprint density at radius 2 is 2.00 bits per heavy atom. The molecule has 3 N–H and O–H groups in total. The van der Waals surface area contributed by atoms with Gasteiger partial charge in [-0.25, -0.2) is 15.0 Å². The molecule has 6 aromatic heterocycles. The number of hydrogen-bond donors (Lipinski definition) is 3. The summed E-state index contributed by atoms with van der Waals surface area (Å²) in [5.74, 6) is 0.520. The van der Waals surface area contributed by atoms with Gasteiger partial charge < -0.3 is 10.3 Å². The van der Waals surface area contributed by atoms with E-state index in [0.29, 0.717) is 40.5 Å². The highest BCUT2D eigenvalue weighted by Crippen LogP contribution is 2.34. The molecule has 0 aliphatic heterocycles. The molecule has 0 unspecified atom stereocenters. The Morgan fingerprint density at radius 1 is 1.09 bits per heavy atom. The van der Waals surface area contributed by atoms with E-state index in [1.807, 2.05) is 24.3 Å². The number of carbonyl (C=O) groups is 1. The zero-order valence-corrected chi connectivity index (χ0v) is 19.8. The van der Waals surface area contributed by atoms with Gasteiger partial charge in [0.05, 0.1) is 23.1 Å². The Morgan fingerprint density at radius 3 is 2.83 bits per heavy atom. The van der Waals surface area contributed by atoms with Crippen molar-refractivity contribution < 1.29 is 4.79 Å². The van der Waals surface area contributed by atoms with Crippen LogP contribution in [-0.2, 0) is 4.79 Å². The minimum absolute atomic E-state index is 0.0694. The summed E-state index contributed by atoms with van der Waals surface area (Å²) in [6, 6.07) is 11.9. The van der Waals surface area contributed by atoms with E-state index in [4.69, 9.17) is 9.97 Å². The number of rotatable bonds is 5. The predicted octanol–water partition coefficient (Wildman–Crippen LogP) is 5.34. The number of thiophene rings is 1. The molecule has 9 nitrogen and oxygen atoms in total. The number of H-pyrrole nitrogens is 2. The van der Waals surface area contributed by atoms with E-state index in [-0.39, 0.29) is 5.91 Å². The van der Waals surface area contributed by atoms with E-state index in [1.165, 1.54) is 4.88 Å². The molecule has 0 fully saturated rings. The number of aromatic nitrogens is 7. The van der Waals surface area contributed by atoms with Crippen LogP contribution in [0.3, 0.4) is 0 Å². The summed E-state index contributed by atoms with van der Waals surface area (Å²) in [5, 5.41) is 10.4. The zero-order valence-electron chi connectivity index (χ0n) is 19.0. The number of pyridine rings is 3. The third-order valence-corrected chi connectivity index (χ3v) is 6.70. The molecule has 6 rings (SSSR count). The standard InChI is InChI=1S/C25H20N8OS/c1-3-20(34)28-15-10-14(11-26-12-15)17-5-6-18-22(29-17)23(33-32-18)25-30-21-16(8-9-27-24(21)31-25)19-7-4-13(2)35-19/h4-12H,3H2,1-2H3,(H,28,34)(H,32,33)(H,27,30,31). The molecule has 0 aliphatic carbocycles. The zero-order chi connectivity index (χ0) is 23.9. The third-order valence-electron chi connectivity index (χ3n) is 5.66. The quantitative estimate of drug-likeness (QED) is 0.306. The molecule has 1 amide bonds. The molecule has 0 spiro atoms. The molecule has 0 bridgehead atoms. The second kappa shape index (κ2) is 8.41. The van der Waals surface area contributed by atoms with Gasteiger partial charge in [0.25, 0.3) is 0 Å². The summed E-state index contributed by atoms with van der Waals surface area (Å²) < 4.78 is 0. The van der Waals surface area contributed by atoms with Gasteiger partial charge in [-0.15, -0.1) is 11.3 Å². The van der Waals surface area contributed by atoms with Crippen LogP contribution in [0.25, 0.3) is 55.4 Å². The molecule has 6 aromatic rings. The van der Waals surface area contributed by atoms with Gasteiger partial charge in [0, 0.05) is 39.7 Å². The molecule has 0 aliphatic rings. The summed E-state index contributed by atoms with van der Waals surface area (Å²) in [6.45, 7) is 3.89. The molecule has 35 heavy (non-hydrogen) atoms. The van der Waals surface area contributed by atoms with Crippen LogP contribution in [-0.4, -0.2) is 41.0 Å². The number of hydrogen-bond acceptors (Lipinski definition) is 7. The lowest BCUT2D eigenvalue weighted by Gasteiger charge is -2.06. The monoisotopic (exact) mass is 480 g/mol. The van der Waals surface area contributed by atoms with Crippen LogP contribution < -0.4 is 5.32 Å². The number of imidazole rings is 1. The molecule has 10 heteroatoms. The Labute approximate surface area is 203 Å². The molecule has 6 heterocycles. The number of aromatic amines is 2. The number of nitrogens with one attached hydrogen (secondary N) is 3. The lowest BCUT2D eigenvalue weighted by Crippen LogP contribution is -2.09. The Bertz CT molecular complexity index is 1710. The molecular weight excluding hydrogens is 460 g/mol. The average molecular weight is 481 g/mol. The largest absolute Gasteiger partial charge is 0.325 e. The van der Waals surface area contributed by atoms with E-state index in [9.17, 15) is 4.79 Å². The third kappa shape index (κ3) is 3.83. The average Bonchev–Trinajstić information content (AvgIpc) is 3.61. The number of aryl methyl sites for hydroxylation is 1. The van der Waals surface area contributed by atoms with Crippen LogP contribution >= 0.6 is 11.3 Å². The number of carbonyl (C=O) groups excluding carboxylic acids is 1. The minimum atomic E-state index is -0.0694. The number of fused-ring (bicyclic) bond motifs is 2. The van der Waals surface area contributed by atoms with E-state index in [1.54, 1.807) is 36.9 Å². The maximum atomic E-state index is 11.8. The fourth-order valence-electron chi connectivity index (χ4n) is 3.92. The highest BCUT2D eigenvalue weighted by atomic mass is 32.1. The summed E-state index contributed by atoms with van der Waals surface area (Å²) >= 11 is 1.72. The molecule has 0 saturated heterocycles. The highest BCUT2D eigenvalue weighted by molar-refractivity contribution is 7.15. The van der Waals surface area contributed by atoms with Gasteiger partial charge in [-0.05, 0) is 43.3 Å². The molecule has 0 radical (unpaired) electrons. The maximum Gasteiger partial charge on any atom is 0.224 e. The number of anilines is 1. The first kappa shape index (κ1) is 21.1. The molecule has 0 saturated carbocycles. The molecule has 0 atom stereocenters. The summed E-state index contributed by atoms with van der Waals surface area (Å²) in [6.07, 6.45) is 5.51. The van der Waals surface area contributed by atoms with Crippen molar-refractivity contribution in [3.63, 3.8) is 0 Å². The summed E-state index contributed by atoms with van der Waals surface area (Å²) in [4.78, 5) is 35.9. The smallest absolute Gasteiger partial charge is 0.224 e. The van der Waals surface area contributed by atoms with Gasteiger partial charge in [0.1, 0.15) is 11.0 Å². The first-order valence-corrected chi connectivity index (χ1v) is 11.9. The van der Waals surface area contributed by atoms with Crippen molar-refractivity contribution in [2.45, 2.75) is 20.3 Å². The lowest BCUT2D eigenvalue weighted by atomic mass is 10.1. The maximum absolute atomic E-state index is 11.8. The van der Waals surface area contributed by atoms with Crippen molar-refractivity contribution in [3.8, 4) is 33.2 Å². The van der Waals surface area contributed by atoms with Gasteiger partial charge in [0.15, 0.2) is 17.2 Å². The summed E-state index contributed by atoms with van der Waals surface area (Å²) in [7, 11) is 0. The predicted molar refractivity (Wildman–Crippen MR) is 137 cm³/mol. The highest BCUT2D eigenvalue weighted by Gasteiger charge is 2.18. The minimum Gasteiger partial charge on any atom is -0.325 e.